The van der Waals surface area contributed by atoms with E-state index in [0.717, 1.165) is 23.9 Å². The van der Waals surface area contributed by atoms with Gasteiger partial charge in [-0.05, 0) is 59.1 Å². The fourth-order valence-corrected chi connectivity index (χ4v) is 4.04. The number of carboxylic acid groups (broad SMARTS) is 1. The van der Waals surface area contributed by atoms with Gasteiger partial charge < -0.3 is 10.1 Å². The van der Waals surface area contributed by atoms with E-state index in [2.05, 4.69) is 49.8 Å². The molecule has 0 saturated heterocycles. The normalized spacial score (nSPS) is 17.6. The summed E-state index contributed by atoms with van der Waals surface area (Å²) in [5, 5.41) is 9.06. The summed E-state index contributed by atoms with van der Waals surface area (Å²) in [5.41, 5.74) is 3.95. The first-order valence-corrected chi connectivity index (χ1v) is 9.10. The number of benzene rings is 1. The monoisotopic (exact) mass is 365 g/mol. The zero-order valence-electron chi connectivity index (χ0n) is 16.0. The summed E-state index contributed by atoms with van der Waals surface area (Å²) in [6.45, 7) is 8.96. The minimum atomic E-state index is -1.04. The first kappa shape index (κ1) is 17.5. The first-order chi connectivity index (χ1) is 12.6. The number of carboxylic acids is 1. The number of pyridine rings is 1. The number of hydrogen-bond acceptors (Lipinski definition) is 3. The zero-order chi connectivity index (χ0) is 19.6. The predicted molar refractivity (Wildman–Crippen MR) is 104 cm³/mol. The second-order valence-corrected chi connectivity index (χ2v) is 8.66. The molecule has 4 rings (SSSR count). The molecule has 1 aliphatic carbocycles. The van der Waals surface area contributed by atoms with Gasteiger partial charge in [-0.2, -0.15) is 0 Å². The third-order valence-electron chi connectivity index (χ3n) is 5.88. The average Bonchev–Trinajstić information content (AvgIpc) is 2.93. The number of aromatic carboxylic acids is 1. The van der Waals surface area contributed by atoms with Crippen molar-refractivity contribution in [1.29, 1.82) is 0 Å². The molecule has 0 bridgehead atoms. The number of fused-ring (bicyclic) bond motifs is 2. The highest BCUT2D eigenvalue weighted by Gasteiger charge is 2.37. The molecule has 2 heterocycles. The van der Waals surface area contributed by atoms with Crippen molar-refractivity contribution in [1.82, 2.24) is 14.5 Å². The lowest BCUT2D eigenvalue weighted by atomic mass is 9.63. The van der Waals surface area contributed by atoms with Gasteiger partial charge >= 0.3 is 11.7 Å². The lowest BCUT2D eigenvalue weighted by molar-refractivity contribution is 0.0696. The number of nitrogens with one attached hydrogen (secondary N) is 1. The second kappa shape index (κ2) is 5.55. The van der Waals surface area contributed by atoms with Crippen molar-refractivity contribution in [2.45, 2.75) is 51.4 Å². The van der Waals surface area contributed by atoms with Crippen LogP contribution in [0.3, 0.4) is 0 Å². The number of rotatable bonds is 2. The number of H-pyrrole nitrogens is 1. The van der Waals surface area contributed by atoms with Gasteiger partial charge in [0.05, 0.1) is 16.6 Å². The van der Waals surface area contributed by atoms with E-state index in [4.69, 9.17) is 5.11 Å². The van der Waals surface area contributed by atoms with Crippen LogP contribution in [0, 0.1) is 0 Å². The van der Waals surface area contributed by atoms with E-state index in [1.54, 1.807) is 6.07 Å². The van der Waals surface area contributed by atoms with Gasteiger partial charge in [-0.1, -0.05) is 27.7 Å². The number of carbonyl (C=O) groups is 1. The molecule has 2 N–H and O–H groups in total. The van der Waals surface area contributed by atoms with Crippen LogP contribution in [0.2, 0.25) is 0 Å². The summed E-state index contributed by atoms with van der Waals surface area (Å²) in [4.78, 5) is 30.8. The highest BCUT2D eigenvalue weighted by Crippen LogP contribution is 2.46. The van der Waals surface area contributed by atoms with Gasteiger partial charge in [0.2, 0.25) is 0 Å². The van der Waals surface area contributed by atoms with Gasteiger partial charge in [0, 0.05) is 6.20 Å². The first-order valence-electron chi connectivity index (χ1n) is 9.10. The lowest BCUT2D eigenvalue weighted by Crippen LogP contribution is -2.33. The molecular formula is C21H23N3O3. The van der Waals surface area contributed by atoms with Crippen LogP contribution in [-0.4, -0.2) is 25.6 Å². The van der Waals surface area contributed by atoms with Crippen LogP contribution in [-0.2, 0) is 10.8 Å². The topological polar surface area (TPSA) is 88.0 Å². The molecule has 6 heteroatoms. The van der Waals surface area contributed by atoms with Crippen LogP contribution in [0.1, 0.15) is 62.0 Å². The molecule has 0 aliphatic heterocycles. The number of hydrogen-bond donors (Lipinski definition) is 2. The minimum absolute atomic E-state index is 0.0256. The smallest absolute Gasteiger partial charge is 0.337 e. The summed E-state index contributed by atoms with van der Waals surface area (Å²) in [5.74, 6) is -0.637. The van der Waals surface area contributed by atoms with E-state index in [9.17, 15) is 9.59 Å². The molecule has 0 atom stereocenters. The van der Waals surface area contributed by atoms with Crippen LogP contribution in [0.4, 0.5) is 0 Å². The molecule has 0 saturated carbocycles. The Kier molecular flexibility index (Phi) is 3.60. The summed E-state index contributed by atoms with van der Waals surface area (Å²) in [7, 11) is 0. The van der Waals surface area contributed by atoms with Crippen molar-refractivity contribution in [2.24, 2.45) is 0 Å². The molecule has 0 unspecified atom stereocenters. The summed E-state index contributed by atoms with van der Waals surface area (Å²) in [6, 6.07) is 7.21. The quantitative estimate of drug-likeness (QED) is 0.724. The highest BCUT2D eigenvalue weighted by molar-refractivity contribution is 5.87. The molecule has 1 aliphatic rings. The van der Waals surface area contributed by atoms with Crippen LogP contribution < -0.4 is 5.69 Å². The lowest BCUT2D eigenvalue weighted by Gasteiger charge is -2.41. The Morgan fingerprint density at radius 3 is 2.30 bits per heavy atom. The molecule has 3 aromatic rings. The van der Waals surface area contributed by atoms with Gasteiger partial charge in [0.1, 0.15) is 5.82 Å². The molecule has 0 amide bonds. The van der Waals surface area contributed by atoms with E-state index < -0.39 is 5.97 Å². The largest absolute Gasteiger partial charge is 0.478 e. The van der Waals surface area contributed by atoms with Crippen molar-refractivity contribution < 1.29 is 9.90 Å². The highest BCUT2D eigenvalue weighted by atomic mass is 16.4. The maximum Gasteiger partial charge on any atom is 0.337 e. The van der Waals surface area contributed by atoms with Gasteiger partial charge in [-0.3, -0.25) is 0 Å². The van der Waals surface area contributed by atoms with Crippen molar-refractivity contribution in [3.63, 3.8) is 0 Å². The Balaban J connectivity index is 1.97. The summed E-state index contributed by atoms with van der Waals surface area (Å²) < 4.78 is 1.51. The van der Waals surface area contributed by atoms with Crippen molar-refractivity contribution in [3.05, 3.63) is 57.6 Å². The molecular weight excluding hydrogens is 342 g/mol. The summed E-state index contributed by atoms with van der Waals surface area (Å²) in [6.07, 6.45) is 3.45. The van der Waals surface area contributed by atoms with Crippen LogP contribution in [0.15, 0.2) is 35.3 Å². The number of nitrogens with zero attached hydrogens (tertiary/aromatic N) is 2. The third kappa shape index (κ3) is 2.67. The third-order valence-corrected chi connectivity index (χ3v) is 5.88. The molecule has 0 radical (unpaired) electrons. The van der Waals surface area contributed by atoms with E-state index in [1.807, 2.05) is 0 Å². The fraction of sp³-hybridized carbons (Fsp3) is 0.381. The molecule has 0 fully saturated rings. The standard InChI is InChI=1S/C21H23N3O3/c1-20(2)7-8-21(3,4)14-10-16-15(9-13(14)20)23-19(27)24(16)17-6-5-12(11-22-17)18(25)26/h5-6,9-11H,7-8H2,1-4H3,(H,23,27)(H,25,26). The Labute approximate surface area is 156 Å². The SMILES string of the molecule is CC1(C)CCC(C)(C)c2cc3c(cc21)[nH]c(=O)n3-c1ccc(C(=O)O)cn1. The maximum atomic E-state index is 12.6. The Morgan fingerprint density at radius 1 is 1.11 bits per heavy atom. The van der Waals surface area contributed by atoms with Crippen LogP contribution >= 0.6 is 0 Å². The molecule has 140 valence electrons. The Hall–Kier alpha value is -2.89. The van der Waals surface area contributed by atoms with Gasteiger partial charge in [0.25, 0.3) is 0 Å². The fourth-order valence-electron chi connectivity index (χ4n) is 4.04. The Morgan fingerprint density at radius 2 is 1.74 bits per heavy atom. The van der Waals surface area contributed by atoms with Crippen molar-refractivity contribution in [2.75, 3.05) is 0 Å². The number of aromatic amines is 1. The van der Waals surface area contributed by atoms with Gasteiger partial charge in [0.15, 0.2) is 0 Å². The number of aromatic nitrogens is 3. The van der Waals surface area contributed by atoms with E-state index in [0.29, 0.717) is 5.82 Å². The number of imidazole rings is 1. The van der Waals surface area contributed by atoms with Crippen LogP contribution in [0.25, 0.3) is 16.9 Å². The van der Waals surface area contributed by atoms with Crippen LogP contribution in [0.5, 0.6) is 0 Å². The molecule has 27 heavy (non-hydrogen) atoms. The average molecular weight is 365 g/mol. The van der Waals surface area contributed by atoms with E-state index >= 15 is 0 Å². The predicted octanol–water partition coefficient (Wildman–Crippen LogP) is 3.76. The Bertz CT molecular complexity index is 1120. The molecule has 6 nitrogen and oxygen atoms in total. The maximum absolute atomic E-state index is 12.6. The molecule has 1 aromatic carbocycles. The van der Waals surface area contributed by atoms with E-state index in [1.165, 1.54) is 28.0 Å². The minimum Gasteiger partial charge on any atom is -0.478 e. The van der Waals surface area contributed by atoms with Crippen molar-refractivity contribution in [3.8, 4) is 5.82 Å². The van der Waals surface area contributed by atoms with Gasteiger partial charge in [-0.25, -0.2) is 19.1 Å². The molecule has 0 spiro atoms. The molecule has 2 aromatic heterocycles. The summed E-state index contributed by atoms with van der Waals surface area (Å²) >= 11 is 0. The zero-order valence-corrected chi connectivity index (χ0v) is 16.0. The van der Waals surface area contributed by atoms with E-state index in [-0.39, 0.29) is 22.1 Å². The van der Waals surface area contributed by atoms with Gasteiger partial charge in [-0.15, -0.1) is 0 Å². The second-order valence-electron chi connectivity index (χ2n) is 8.66. The van der Waals surface area contributed by atoms with Crippen molar-refractivity contribution >= 4 is 17.0 Å².